The van der Waals surface area contributed by atoms with E-state index in [-0.39, 0.29) is 0 Å². The van der Waals surface area contributed by atoms with Gasteiger partial charge in [0.1, 0.15) is 0 Å². The van der Waals surface area contributed by atoms with Crippen LogP contribution in [0.15, 0.2) is 0 Å². The average Bonchev–Trinajstić information content (AvgIpc) is 2.85. The highest BCUT2D eigenvalue weighted by Crippen LogP contribution is 2.31. The molecule has 0 bridgehead atoms. The number of nitrogens with one attached hydrogen (secondary N) is 1. The Labute approximate surface area is 116 Å². The number of thioether (sulfide) groups is 1. The molecule has 0 aromatic heterocycles. The molecule has 0 aromatic rings. The summed E-state index contributed by atoms with van der Waals surface area (Å²) < 4.78 is 5.68. The summed E-state index contributed by atoms with van der Waals surface area (Å²) in [4.78, 5) is 2.68. The van der Waals surface area contributed by atoms with E-state index < -0.39 is 0 Å². The maximum absolute atomic E-state index is 5.68. The molecule has 0 radical (unpaired) electrons. The van der Waals surface area contributed by atoms with E-state index in [4.69, 9.17) is 4.74 Å². The second kappa shape index (κ2) is 7.13. The number of hydrogen-bond acceptors (Lipinski definition) is 4. The van der Waals surface area contributed by atoms with Crippen molar-refractivity contribution in [3.63, 3.8) is 0 Å². The van der Waals surface area contributed by atoms with Gasteiger partial charge in [0.25, 0.3) is 0 Å². The number of ether oxygens (including phenoxy) is 1. The minimum absolute atomic E-state index is 0.371. The standard InChI is InChI=1S/C14H28N2OS/c1-3-13-9-16(6-8-18-13)11-14(10-15-4-2)5-7-17-12-14/h13,15H,3-12H2,1-2H3. The van der Waals surface area contributed by atoms with Crippen LogP contribution in [0.2, 0.25) is 0 Å². The Morgan fingerprint density at radius 3 is 3.00 bits per heavy atom. The predicted octanol–water partition coefficient (Wildman–Crippen LogP) is 1.83. The first-order valence-electron chi connectivity index (χ1n) is 7.40. The molecule has 0 amide bonds. The second-order valence-corrected chi connectivity index (χ2v) is 7.13. The van der Waals surface area contributed by atoms with Crippen LogP contribution < -0.4 is 5.32 Å². The van der Waals surface area contributed by atoms with Crippen LogP contribution in [-0.4, -0.2) is 61.8 Å². The zero-order valence-electron chi connectivity index (χ0n) is 11.9. The van der Waals surface area contributed by atoms with Crippen molar-refractivity contribution < 1.29 is 4.74 Å². The predicted molar refractivity (Wildman–Crippen MR) is 79.4 cm³/mol. The highest BCUT2D eigenvalue weighted by Gasteiger charge is 2.37. The second-order valence-electron chi connectivity index (χ2n) is 5.72. The van der Waals surface area contributed by atoms with Gasteiger partial charge in [0, 0.05) is 49.2 Å². The molecule has 2 aliphatic heterocycles. The molecule has 0 saturated carbocycles. The van der Waals surface area contributed by atoms with E-state index in [0.29, 0.717) is 5.41 Å². The van der Waals surface area contributed by atoms with Gasteiger partial charge in [0.05, 0.1) is 6.61 Å². The average molecular weight is 272 g/mol. The fraction of sp³-hybridized carbons (Fsp3) is 1.00. The first kappa shape index (κ1) is 14.6. The summed E-state index contributed by atoms with van der Waals surface area (Å²) in [5.74, 6) is 1.30. The van der Waals surface area contributed by atoms with Crippen LogP contribution in [0, 0.1) is 5.41 Å². The lowest BCUT2D eigenvalue weighted by atomic mass is 9.86. The third-order valence-corrected chi connectivity index (χ3v) is 5.54. The first-order chi connectivity index (χ1) is 8.78. The van der Waals surface area contributed by atoms with Crippen molar-refractivity contribution in [2.24, 2.45) is 5.41 Å². The molecular weight excluding hydrogens is 244 g/mol. The summed E-state index contributed by atoms with van der Waals surface area (Å²) in [5, 5.41) is 4.38. The van der Waals surface area contributed by atoms with Gasteiger partial charge < -0.3 is 15.0 Å². The van der Waals surface area contributed by atoms with Crippen molar-refractivity contribution in [2.45, 2.75) is 31.9 Å². The Kier molecular flexibility index (Phi) is 5.80. The Bertz CT molecular complexity index is 244. The first-order valence-corrected chi connectivity index (χ1v) is 8.45. The molecule has 4 heteroatoms. The quantitative estimate of drug-likeness (QED) is 0.797. The van der Waals surface area contributed by atoms with E-state index in [1.165, 1.54) is 38.2 Å². The van der Waals surface area contributed by atoms with Gasteiger partial charge in [-0.25, -0.2) is 0 Å². The van der Waals surface area contributed by atoms with Gasteiger partial charge in [-0.1, -0.05) is 13.8 Å². The highest BCUT2D eigenvalue weighted by molar-refractivity contribution is 8.00. The molecule has 2 saturated heterocycles. The van der Waals surface area contributed by atoms with Crippen molar-refractivity contribution in [3.05, 3.63) is 0 Å². The van der Waals surface area contributed by atoms with Gasteiger partial charge in [0.15, 0.2) is 0 Å². The largest absolute Gasteiger partial charge is 0.381 e. The van der Waals surface area contributed by atoms with Crippen molar-refractivity contribution in [3.8, 4) is 0 Å². The summed E-state index contributed by atoms with van der Waals surface area (Å²) in [5.41, 5.74) is 0.371. The van der Waals surface area contributed by atoms with Gasteiger partial charge in [-0.3, -0.25) is 0 Å². The van der Waals surface area contributed by atoms with Crippen molar-refractivity contribution >= 4 is 11.8 Å². The lowest BCUT2D eigenvalue weighted by Gasteiger charge is -2.38. The minimum atomic E-state index is 0.371. The molecule has 2 aliphatic rings. The Balaban J connectivity index is 1.87. The molecule has 0 spiro atoms. The number of rotatable bonds is 6. The monoisotopic (exact) mass is 272 g/mol. The van der Waals surface area contributed by atoms with Crippen LogP contribution in [0.5, 0.6) is 0 Å². The van der Waals surface area contributed by atoms with Gasteiger partial charge in [-0.2, -0.15) is 11.8 Å². The molecule has 2 atom stereocenters. The molecule has 3 nitrogen and oxygen atoms in total. The number of nitrogens with zero attached hydrogens (tertiary/aromatic N) is 1. The normalized spacial score (nSPS) is 34.0. The zero-order valence-corrected chi connectivity index (χ0v) is 12.7. The Morgan fingerprint density at radius 1 is 1.44 bits per heavy atom. The fourth-order valence-corrected chi connectivity index (χ4v) is 4.25. The van der Waals surface area contributed by atoms with Crippen molar-refractivity contribution in [2.75, 3.05) is 51.7 Å². The Hall–Kier alpha value is 0.230. The van der Waals surface area contributed by atoms with Crippen LogP contribution >= 0.6 is 11.8 Å². The lowest BCUT2D eigenvalue weighted by Crippen LogP contribution is -2.48. The molecule has 0 aliphatic carbocycles. The molecule has 2 heterocycles. The lowest BCUT2D eigenvalue weighted by molar-refractivity contribution is 0.110. The molecule has 2 unspecified atom stereocenters. The van der Waals surface area contributed by atoms with E-state index in [9.17, 15) is 0 Å². The van der Waals surface area contributed by atoms with Gasteiger partial charge in [0.2, 0.25) is 0 Å². The minimum Gasteiger partial charge on any atom is -0.381 e. The molecule has 1 N–H and O–H groups in total. The van der Waals surface area contributed by atoms with Crippen LogP contribution in [0.25, 0.3) is 0 Å². The van der Waals surface area contributed by atoms with Crippen LogP contribution in [0.1, 0.15) is 26.7 Å². The topological polar surface area (TPSA) is 24.5 Å². The van der Waals surface area contributed by atoms with E-state index in [1.54, 1.807) is 0 Å². The maximum atomic E-state index is 5.68. The SMILES string of the molecule is CCNCC1(CN2CCSC(CC)C2)CCOC1. The number of hydrogen-bond donors (Lipinski definition) is 1. The van der Waals surface area contributed by atoms with Crippen LogP contribution in [-0.2, 0) is 4.74 Å². The van der Waals surface area contributed by atoms with Crippen LogP contribution in [0.3, 0.4) is 0 Å². The summed E-state index contributed by atoms with van der Waals surface area (Å²) in [6, 6.07) is 0. The summed E-state index contributed by atoms with van der Waals surface area (Å²) in [6.45, 7) is 12.3. The van der Waals surface area contributed by atoms with Crippen molar-refractivity contribution in [1.29, 1.82) is 0 Å². The fourth-order valence-electron chi connectivity index (χ4n) is 3.01. The Morgan fingerprint density at radius 2 is 2.33 bits per heavy atom. The molecule has 2 fully saturated rings. The van der Waals surface area contributed by atoms with Gasteiger partial charge in [-0.15, -0.1) is 0 Å². The molecular formula is C14H28N2OS. The molecule has 2 rings (SSSR count). The molecule has 0 aromatic carbocycles. The summed E-state index contributed by atoms with van der Waals surface area (Å²) >= 11 is 2.15. The molecule has 106 valence electrons. The van der Waals surface area contributed by atoms with E-state index in [2.05, 4.69) is 35.8 Å². The van der Waals surface area contributed by atoms with Crippen LogP contribution in [0.4, 0.5) is 0 Å². The molecule has 18 heavy (non-hydrogen) atoms. The van der Waals surface area contributed by atoms with Gasteiger partial charge in [-0.05, 0) is 19.4 Å². The zero-order chi connectivity index (χ0) is 12.8. The third kappa shape index (κ3) is 3.86. The van der Waals surface area contributed by atoms with E-state index >= 15 is 0 Å². The van der Waals surface area contributed by atoms with Gasteiger partial charge >= 0.3 is 0 Å². The smallest absolute Gasteiger partial charge is 0.0547 e. The van der Waals surface area contributed by atoms with E-state index in [1.807, 2.05) is 0 Å². The summed E-state index contributed by atoms with van der Waals surface area (Å²) in [7, 11) is 0. The third-order valence-electron chi connectivity index (χ3n) is 4.17. The maximum Gasteiger partial charge on any atom is 0.0547 e. The summed E-state index contributed by atoms with van der Waals surface area (Å²) in [6.07, 6.45) is 2.53. The van der Waals surface area contributed by atoms with E-state index in [0.717, 1.165) is 31.6 Å². The van der Waals surface area contributed by atoms with Crippen molar-refractivity contribution in [1.82, 2.24) is 10.2 Å². The highest BCUT2D eigenvalue weighted by atomic mass is 32.2.